The Hall–Kier alpha value is -0.570. The van der Waals surface area contributed by atoms with Gasteiger partial charge in [-0.15, -0.1) is 0 Å². The smallest absolute Gasteiger partial charge is 0.0830 e. The predicted octanol–water partition coefficient (Wildman–Crippen LogP) is 2.99. The van der Waals surface area contributed by atoms with E-state index in [1.54, 1.807) is 12.1 Å². The first-order valence-corrected chi connectivity index (χ1v) is 6.06. The lowest BCUT2D eigenvalue weighted by molar-refractivity contribution is 0.0995. The Bertz CT molecular complexity index is 327. The van der Waals surface area contributed by atoms with Gasteiger partial charge in [0.1, 0.15) is 0 Å². The summed E-state index contributed by atoms with van der Waals surface area (Å²) in [5, 5.41) is 10.9. The monoisotopic (exact) mass is 241 g/mol. The van der Waals surface area contributed by atoms with E-state index in [1.807, 2.05) is 12.1 Å². The third kappa shape index (κ3) is 3.78. The summed E-state index contributed by atoms with van der Waals surface area (Å²) in [5.41, 5.74) is 6.55. The van der Waals surface area contributed by atoms with Crippen LogP contribution >= 0.6 is 11.6 Å². The van der Waals surface area contributed by atoms with Crippen molar-refractivity contribution in [2.24, 2.45) is 17.6 Å². The van der Waals surface area contributed by atoms with Crippen molar-refractivity contribution in [3.63, 3.8) is 0 Å². The Labute approximate surface area is 102 Å². The molecule has 0 radical (unpaired) electrons. The Kier molecular flexibility index (Phi) is 5.26. The van der Waals surface area contributed by atoms with E-state index in [1.165, 1.54) is 0 Å². The molecule has 2 nitrogen and oxygen atoms in total. The average Bonchev–Trinajstić information content (AvgIpc) is 2.24. The van der Waals surface area contributed by atoms with Crippen LogP contribution in [-0.4, -0.2) is 11.7 Å². The molecule has 0 amide bonds. The predicted molar refractivity (Wildman–Crippen MR) is 68.4 cm³/mol. The minimum absolute atomic E-state index is 0.0958. The molecule has 0 heterocycles. The van der Waals surface area contributed by atoms with E-state index in [9.17, 15) is 5.11 Å². The quantitative estimate of drug-likeness (QED) is 0.833. The van der Waals surface area contributed by atoms with Crippen molar-refractivity contribution < 1.29 is 5.11 Å². The fourth-order valence-electron chi connectivity index (χ4n) is 1.92. The molecule has 0 spiro atoms. The molecule has 3 heteroatoms. The van der Waals surface area contributed by atoms with E-state index < -0.39 is 6.10 Å². The maximum atomic E-state index is 10.2. The van der Waals surface area contributed by atoms with Gasteiger partial charge in [-0.3, -0.25) is 0 Å². The minimum Gasteiger partial charge on any atom is -0.388 e. The summed E-state index contributed by atoms with van der Waals surface area (Å²) >= 11 is 5.90. The highest BCUT2D eigenvalue weighted by Gasteiger charge is 2.20. The first-order valence-electron chi connectivity index (χ1n) is 5.68. The van der Waals surface area contributed by atoms with Gasteiger partial charge in [-0.2, -0.15) is 0 Å². The van der Waals surface area contributed by atoms with E-state index in [0.717, 1.165) is 12.0 Å². The molecule has 0 bridgehead atoms. The zero-order valence-electron chi connectivity index (χ0n) is 9.86. The fourth-order valence-corrected chi connectivity index (χ4v) is 2.12. The van der Waals surface area contributed by atoms with Gasteiger partial charge in [-0.25, -0.2) is 0 Å². The molecule has 0 aliphatic carbocycles. The molecule has 1 rings (SSSR count). The Morgan fingerprint density at radius 1 is 1.38 bits per heavy atom. The molecule has 90 valence electrons. The Morgan fingerprint density at radius 2 is 2.06 bits per heavy atom. The molecular formula is C13H20ClNO. The number of halogens is 1. The number of benzene rings is 1. The van der Waals surface area contributed by atoms with Crippen LogP contribution < -0.4 is 5.73 Å². The van der Waals surface area contributed by atoms with Crippen molar-refractivity contribution >= 4 is 11.6 Å². The fraction of sp³-hybridized carbons (Fsp3) is 0.538. The zero-order valence-corrected chi connectivity index (χ0v) is 10.6. The topological polar surface area (TPSA) is 46.2 Å². The van der Waals surface area contributed by atoms with Crippen LogP contribution in [0.2, 0.25) is 5.02 Å². The number of aliphatic hydroxyl groups excluding tert-OH is 1. The van der Waals surface area contributed by atoms with Crippen LogP contribution in [0.1, 0.15) is 31.9 Å². The number of aliphatic hydroxyl groups is 1. The minimum atomic E-state index is -0.522. The summed E-state index contributed by atoms with van der Waals surface area (Å²) in [7, 11) is 0. The first kappa shape index (κ1) is 13.5. The molecule has 16 heavy (non-hydrogen) atoms. The number of rotatable bonds is 5. The van der Waals surface area contributed by atoms with Crippen LogP contribution in [-0.2, 0) is 0 Å². The van der Waals surface area contributed by atoms with Crippen molar-refractivity contribution in [1.82, 2.24) is 0 Å². The summed E-state index contributed by atoms with van der Waals surface area (Å²) < 4.78 is 0. The first-order chi connectivity index (χ1) is 7.54. The molecule has 1 aromatic carbocycles. The Balaban J connectivity index is 2.78. The number of hydrogen-bond acceptors (Lipinski definition) is 2. The molecule has 2 unspecified atom stereocenters. The van der Waals surface area contributed by atoms with Crippen molar-refractivity contribution in [2.75, 3.05) is 6.54 Å². The molecule has 0 fully saturated rings. The van der Waals surface area contributed by atoms with Crippen LogP contribution in [0.4, 0.5) is 0 Å². The SMILES string of the molecule is CC(C)CC(CN)C(O)c1cccc(Cl)c1. The number of nitrogens with two attached hydrogens (primary N) is 1. The highest BCUT2D eigenvalue weighted by Crippen LogP contribution is 2.28. The second kappa shape index (κ2) is 6.24. The van der Waals surface area contributed by atoms with E-state index in [-0.39, 0.29) is 5.92 Å². The summed E-state index contributed by atoms with van der Waals surface area (Å²) in [6.45, 7) is 4.76. The lowest BCUT2D eigenvalue weighted by Gasteiger charge is -2.23. The van der Waals surface area contributed by atoms with Crippen LogP contribution in [0.15, 0.2) is 24.3 Å². The summed E-state index contributed by atoms with van der Waals surface area (Å²) in [6.07, 6.45) is 0.399. The molecule has 3 N–H and O–H groups in total. The van der Waals surface area contributed by atoms with Crippen molar-refractivity contribution in [3.05, 3.63) is 34.9 Å². The van der Waals surface area contributed by atoms with Crippen LogP contribution in [0, 0.1) is 11.8 Å². The van der Waals surface area contributed by atoms with Gasteiger partial charge < -0.3 is 10.8 Å². The van der Waals surface area contributed by atoms with E-state index in [2.05, 4.69) is 13.8 Å². The molecule has 0 aliphatic heterocycles. The molecule has 0 saturated carbocycles. The van der Waals surface area contributed by atoms with Gasteiger partial charge in [0.2, 0.25) is 0 Å². The zero-order chi connectivity index (χ0) is 12.1. The highest BCUT2D eigenvalue weighted by atomic mass is 35.5. The Morgan fingerprint density at radius 3 is 2.56 bits per heavy atom. The molecular weight excluding hydrogens is 222 g/mol. The summed E-state index contributed by atoms with van der Waals surface area (Å²) in [4.78, 5) is 0. The highest BCUT2D eigenvalue weighted by molar-refractivity contribution is 6.30. The third-order valence-corrected chi connectivity index (χ3v) is 2.95. The molecule has 0 aliphatic rings. The third-order valence-electron chi connectivity index (χ3n) is 2.71. The molecule has 0 aromatic heterocycles. The van der Waals surface area contributed by atoms with Crippen LogP contribution in [0.25, 0.3) is 0 Å². The van der Waals surface area contributed by atoms with Gasteiger partial charge in [-0.1, -0.05) is 37.6 Å². The van der Waals surface area contributed by atoms with Gasteiger partial charge in [0.05, 0.1) is 6.10 Å². The molecule has 2 atom stereocenters. The van der Waals surface area contributed by atoms with Gasteiger partial charge >= 0.3 is 0 Å². The maximum Gasteiger partial charge on any atom is 0.0830 e. The van der Waals surface area contributed by atoms with Gasteiger partial charge in [0.25, 0.3) is 0 Å². The van der Waals surface area contributed by atoms with Crippen molar-refractivity contribution in [3.8, 4) is 0 Å². The lowest BCUT2D eigenvalue weighted by Crippen LogP contribution is -2.23. The van der Waals surface area contributed by atoms with Crippen LogP contribution in [0.5, 0.6) is 0 Å². The molecule has 1 aromatic rings. The number of hydrogen-bond donors (Lipinski definition) is 2. The molecule has 0 saturated heterocycles. The second-order valence-corrected chi connectivity index (χ2v) is 5.06. The van der Waals surface area contributed by atoms with Gasteiger partial charge in [0, 0.05) is 10.9 Å². The lowest BCUT2D eigenvalue weighted by atomic mass is 9.88. The van der Waals surface area contributed by atoms with Gasteiger partial charge in [-0.05, 0) is 36.6 Å². The largest absolute Gasteiger partial charge is 0.388 e. The summed E-state index contributed by atoms with van der Waals surface area (Å²) in [5.74, 6) is 0.626. The van der Waals surface area contributed by atoms with Crippen molar-refractivity contribution in [1.29, 1.82) is 0 Å². The van der Waals surface area contributed by atoms with Gasteiger partial charge in [0.15, 0.2) is 0 Å². The van der Waals surface area contributed by atoms with Crippen molar-refractivity contribution in [2.45, 2.75) is 26.4 Å². The maximum absolute atomic E-state index is 10.2. The summed E-state index contributed by atoms with van der Waals surface area (Å²) in [6, 6.07) is 7.34. The van der Waals surface area contributed by atoms with E-state index in [4.69, 9.17) is 17.3 Å². The van der Waals surface area contributed by atoms with E-state index in [0.29, 0.717) is 17.5 Å². The second-order valence-electron chi connectivity index (χ2n) is 4.63. The standard InChI is InChI=1S/C13H20ClNO/c1-9(2)6-11(8-15)13(16)10-4-3-5-12(14)7-10/h3-5,7,9,11,13,16H,6,8,15H2,1-2H3. The van der Waals surface area contributed by atoms with Crippen LogP contribution in [0.3, 0.4) is 0 Å². The normalized spacial score (nSPS) is 15.1. The van der Waals surface area contributed by atoms with E-state index >= 15 is 0 Å². The average molecular weight is 242 g/mol.